The summed E-state index contributed by atoms with van der Waals surface area (Å²) in [5.74, 6) is 0.509. The van der Waals surface area contributed by atoms with Gasteiger partial charge in [-0.25, -0.2) is 4.98 Å². The summed E-state index contributed by atoms with van der Waals surface area (Å²) in [6.07, 6.45) is 0. The summed E-state index contributed by atoms with van der Waals surface area (Å²) in [6, 6.07) is 7.70. The third-order valence-corrected chi connectivity index (χ3v) is 3.55. The van der Waals surface area contributed by atoms with Crippen molar-refractivity contribution in [2.75, 3.05) is 0 Å². The van der Waals surface area contributed by atoms with Gasteiger partial charge < -0.3 is 26.7 Å². The number of hydrogen-bond acceptors (Lipinski definition) is 6. The number of H-pyrrole nitrogens is 1. The number of carbonyl (C=O) groups excluding carboxylic acids is 1. The lowest BCUT2D eigenvalue weighted by Gasteiger charge is -2.34. The number of benzene rings is 1. The molecule has 1 aliphatic heterocycles. The Morgan fingerprint density at radius 3 is 2.85 bits per heavy atom. The summed E-state index contributed by atoms with van der Waals surface area (Å²) in [5, 5.41) is 2.61. The second-order valence-electron chi connectivity index (χ2n) is 4.47. The van der Waals surface area contributed by atoms with Gasteiger partial charge in [0.2, 0.25) is 0 Å². The van der Waals surface area contributed by atoms with Gasteiger partial charge in [-0.2, -0.15) is 0 Å². The number of nitrogens with zero attached hydrogens (tertiary/aromatic N) is 2. The van der Waals surface area contributed by atoms with Crippen LogP contribution in [0.5, 0.6) is 0 Å². The molecular formula is C12H14N6OS. The molecule has 3 rings (SSSR count). The predicted molar refractivity (Wildman–Crippen MR) is 78.0 cm³/mol. The molecule has 0 fully saturated rings. The highest BCUT2D eigenvalue weighted by Crippen LogP contribution is 2.18. The van der Waals surface area contributed by atoms with E-state index in [4.69, 9.17) is 11.5 Å². The van der Waals surface area contributed by atoms with Gasteiger partial charge in [-0.15, -0.1) is 12.6 Å². The van der Waals surface area contributed by atoms with Gasteiger partial charge in [-0.1, -0.05) is 12.1 Å². The van der Waals surface area contributed by atoms with Crippen molar-refractivity contribution in [1.29, 1.82) is 0 Å². The SMILES string of the molecule is NC1=C(N)N(Cc2nc3ccccc3[nH]2)C(S)NC1=O. The van der Waals surface area contributed by atoms with E-state index < -0.39 is 11.4 Å². The van der Waals surface area contributed by atoms with E-state index in [1.807, 2.05) is 24.3 Å². The Labute approximate surface area is 120 Å². The van der Waals surface area contributed by atoms with E-state index in [0.29, 0.717) is 6.54 Å². The molecule has 0 bridgehead atoms. The lowest BCUT2D eigenvalue weighted by atomic mass is 10.3. The maximum absolute atomic E-state index is 11.5. The molecule has 104 valence electrons. The molecule has 1 amide bonds. The van der Waals surface area contributed by atoms with E-state index in [-0.39, 0.29) is 11.5 Å². The molecule has 20 heavy (non-hydrogen) atoms. The molecule has 1 atom stereocenters. The Morgan fingerprint density at radius 1 is 1.35 bits per heavy atom. The van der Waals surface area contributed by atoms with E-state index in [1.54, 1.807) is 4.90 Å². The summed E-state index contributed by atoms with van der Waals surface area (Å²) in [7, 11) is 0. The van der Waals surface area contributed by atoms with E-state index in [1.165, 1.54) is 0 Å². The molecule has 0 spiro atoms. The third-order valence-electron chi connectivity index (χ3n) is 3.14. The van der Waals surface area contributed by atoms with Gasteiger partial charge in [-0.05, 0) is 12.1 Å². The van der Waals surface area contributed by atoms with Crippen LogP contribution in [-0.2, 0) is 11.3 Å². The zero-order valence-corrected chi connectivity index (χ0v) is 11.4. The summed E-state index contributed by atoms with van der Waals surface area (Å²) in [6.45, 7) is 0.371. The van der Waals surface area contributed by atoms with Crippen molar-refractivity contribution in [1.82, 2.24) is 20.2 Å². The number of amides is 1. The minimum atomic E-state index is -0.539. The number of imidazole rings is 1. The number of hydrogen-bond donors (Lipinski definition) is 5. The van der Waals surface area contributed by atoms with Crippen LogP contribution in [0.2, 0.25) is 0 Å². The van der Waals surface area contributed by atoms with Crippen molar-refractivity contribution in [2.24, 2.45) is 11.5 Å². The second kappa shape index (κ2) is 4.64. The van der Waals surface area contributed by atoms with Gasteiger partial charge in [0.1, 0.15) is 22.8 Å². The maximum Gasteiger partial charge on any atom is 0.273 e. The fraction of sp³-hybridized carbons (Fsp3) is 0.167. The number of aromatic nitrogens is 2. The minimum absolute atomic E-state index is 0.00795. The molecule has 8 heteroatoms. The van der Waals surface area contributed by atoms with Crippen molar-refractivity contribution in [2.45, 2.75) is 12.0 Å². The molecule has 0 saturated carbocycles. The molecule has 6 N–H and O–H groups in total. The van der Waals surface area contributed by atoms with E-state index in [2.05, 4.69) is 27.9 Å². The van der Waals surface area contributed by atoms with Gasteiger partial charge in [-0.3, -0.25) is 4.79 Å². The van der Waals surface area contributed by atoms with Gasteiger partial charge >= 0.3 is 0 Å². The fourth-order valence-corrected chi connectivity index (χ4v) is 2.41. The summed E-state index contributed by atoms with van der Waals surface area (Å²) in [4.78, 5) is 20.8. The molecule has 2 heterocycles. The number of rotatable bonds is 2. The van der Waals surface area contributed by atoms with Gasteiger partial charge in [0, 0.05) is 0 Å². The average molecular weight is 290 g/mol. The summed E-state index contributed by atoms with van der Waals surface area (Å²) in [5.41, 5.74) is 12.8. The van der Waals surface area contributed by atoms with Crippen LogP contribution in [0.25, 0.3) is 11.0 Å². The molecule has 2 aromatic rings. The van der Waals surface area contributed by atoms with Crippen molar-refractivity contribution >= 4 is 29.6 Å². The maximum atomic E-state index is 11.5. The summed E-state index contributed by atoms with van der Waals surface area (Å²) >= 11 is 4.29. The van der Waals surface area contributed by atoms with Crippen molar-refractivity contribution in [3.8, 4) is 0 Å². The molecule has 1 aromatic carbocycles. The van der Waals surface area contributed by atoms with Crippen LogP contribution in [0, 0.1) is 0 Å². The highest BCUT2D eigenvalue weighted by atomic mass is 32.1. The van der Waals surface area contributed by atoms with Crippen LogP contribution in [0.15, 0.2) is 35.8 Å². The van der Waals surface area contributed by atoms with E-state index in [0.717, 1.165) is 16.9 Å². The Bertz CT molecular complexity index is 676. The topological polar surface area (TPSA) is 113 Å². The molecular weight excluding hydrogens is 276 g/mol. The third kappa shape index (κ3) is 2.03. The van der Waals surface area contributed by atoms with Crippen LogP contribution in [0.4, 0.5) is 0 Å². The van der Waals surface area contributed by atoms with Crippen LogP contribution in [0.1, 0.15) is 5.82 Å². The van der Waals surface area contributed by atoms with Crippen LogP contribution in [-0.4, -0.2) is 26.3 Å². The quantitative estimate of drug-likeness (QED) is 0.491. The van der Waals surface area contributed by atoms with Crippen LogP contribution < -0.4 is 16.8 Å². The zero-order valence-electron chi connectivity index (χ0n) is 10.5. The first-order valence-electron chi connectivity index (χ1n) is 6.00. The van der Waals surface area contributed by atoms with Crippen molar-refractivity contribution in [3.63, 3.8) is 0 Å². The van der Waals surface area contributed by atoms with Gasteiger partial charge in [0.25, 0.3) is 5.91 Å². The first kappa shape index (κ1) is 12.7. The number of nitrogens with two attached hydrogens (primary N) is 2. The van der Waals surface area contributed by atoms with E-state index >= 15 is 0 Å². The van der Waals surface area contributed by atoms with Gasteiger partial charge in [0.15, 0.2) is 0 Å². The highest BCUT2D eigenvalue weighted by Gasteiger charge is 2.28. The Balaban J connectivity index is 1.91. The Kier molecular flexibility index (Phi) is 2.94. The van der Waals surface area contributed by atoms with Crippen LogP contribution in [0.3, 0.4) is 0 Å². The number of thiol groups is 1. The number of nitrogens with one attached hydrogen (secondary N) is 2. The van der Waals surface area contributed by atoms with Crippen molar-refractivity contribution < 1.29 is 4.79 Å². The predicted octanol–water partition coefficient (Wildman–Crippen LogP) is -0.205. The normalized spacial score (nSPS) is 19.6. The first-order chi connectivity index (χ1) is 9.56. The Hall–Kier alpha value is -2.35. The first-order valence-corrected chi connectivity index (χ1v) is 6.52. The van der Waals surface area contributed by atoms with Crippen molar-refractivity contribution in [3.05, 3.63) is 41.6 Å². The Morgan fingerprint density at radius 2 is 2.10 bits per heavy atom. The smallest absolute Gasteiger partial charge is 0.273 e. The van der Waals surface area contributed by atoms with E-state index in [9.17, 15) is 4.79 Å². The minimum Gasteiger partial charge on any atom is -0.391 e. The fourth-order valence-electron chi connectivity index (χ4n) is 2.09. The molecule has 1 unspecified atom stereocenters. The molecule has 1 aliphatic rings. The number of aromatic amines is 1. The highest BCUT2D eigenvalue weighted by molar-refractivity contribution is 7.80. The second-order valence-corrected chi connectivity index (χ2v) is 4.96. The standard InChI is InChI=1S/C12H14N6OS/c13-9-10(14)18(12(20)17-11(9)19)5-8-15-6-3-1-2-4-7(6)16-8/h1-4,12,20H,5,13-14H2,(H,15,16)(H,17,19). The lowest BCUT2D eigenvalue weighted by molar-refractivity contribution is -0.119. The average Bonchev–Trinajstić information content (AvgIpc) is 2.83. The monoisotopic (exact) mass is 290 g/mol. The largest absolute Gasteiger partial charge is 0.391 e. The lowest BCUT2D eigenvalue weighted by Crippen LogP contribution is -2.53. The number of fused-ring (bicyclic) bond motifs is 1. The zero-order chi connectivity index (χ0) is 14.3. The molecule has 0 saturated heterocycles. The summed E-state index contributed by atoms with van der Waals surface area (Å²) < 4.78 is 0. The molecule has 0 radical (unpaired) electrons. The molecule has 0 aliphatic carbocycles. The van der Waals surface area contributed by atoms with Gasteiger partial charge in [0.05, 0.1) is 17.6 Å². The van der Waals surface area contributed by atoms with Crippen LogP contribution >= 0.6 is 12.6 Å². The molecule has 7 nitrogen and oxygen atoms in total. The molecule has 1 aromatic heterocycles. The number of carbonyl (C=O) groups is 1. The number of para-hydroxylation sites is 2.